The minimum absolute atomic E-state index is 0.294. The van der Waals surface area contributed by atoms with E-state index in [0.29, 0.717) is 5.92 Å². The molecule has 0 aliphatic heterocycles. The molecule has 3 nitrogen and oxygen atoms in total. The number of likely N-dealkylation sites (N-methyl/N-ethyl adjacent to an activating group) is 1. The van der Waals surface area contributed by atoms with Gasteiger partial charge < -0.3 is 9.64 Å². The number of ether oxygens (including phenoxy) is 1. The van der Waals surface area contributed by atoms with Gasteiger partial charge in [0.05, 0.1) is 18.6 Å². The second kappa shape index (κ2) is 9.06. The Morgan fingerprint density at radius 3 is 2.37 bits per heavy atom. The molecule has 1 fully saturated rings. The second-order valence-electron chi connectivity index (χ2n) is 7.73. The van der Waals surface area contributed by atoms with Gasteiger partial charge in [-0.15, -0.1) is 0 Å². The summed E-state index contributed by atoms with van der Waals surface area (Å²) in [5.41, 5.74) is 2.24. The van der Waals surface area contributed by atoms with Crippen LogP contribution in [0.1, 0.15) is 36.8 Å². The summed E-state index contributed by atoms with van der Waals surface area (Å²) in [5.74, 6) is 1.44. The molecule has 0 spiro atoms. The highest BCUT2D eigenvalue weighted by molar-refractivity contribution is 5.35. The number of methoxy groups -OCH3 is 1. The molecule has 3 rings (SSSR count). The van der Waals surface area contributed by atoms with Crippen LogP contribution >= 0.6 is 0 Å². The third-order valence-corrected chi connectivity index (χ3v) is 5.81. The van der Waals surface area contributed by atoms with Crippen LogP contribution in [-0.2, 0) is 11.8 Å². The number of nitriles is 1. The summed E-state index contributed by atoms with van der Waals surface area (Å²) < 4.78 is 5.21. The molecule has 1 saturated carbocycles. The zero-order valence-electron chi connectivity index (χ0n) is 16.5. The molecule has 0 N–H and O–H groups in total. The van der Waals surface area contributed by atoms with Gasteiger partial charge in [-0.3, -0.25) is 0 Å². The number of nitrogens with zero attached hydrogens (tertiary/aromatic N) is 2. The van der Waals surface area contributed by atoms with Crippen molar-refractivity contribution in [3.8, 4) is 11.8 Å². The lowest BCUT2D eigenvalue weighted by molar-refractivity contribution is 0.308. The minimum atomic E-state index is -0.294. The van der Waals surface area contributed by atoms with E-state index >= 15 is 0 Å². The highest BCUT2D eigenvalue weighted by Crippen LogP contribution is 2.49. The van der Waals surface area contributed by atoms with Crippen molar-refractivity contribution in [1.82, 2.24) is 4.90 Å². The smallest absolute Gasteiger partial charge is 0.118 e. The lowest BCUT2D eigenvalue weighted by atomic mass is 9.74. The largest absolute Gasteiger partial charge is 0.497 e. The van der Waals surface area contributed by atoms with Gasteiger partial charge in [0.15, 0.2) is 0 Å². The normalized spacial score (nSPS) is 15.9. The lowest BCUT2D eigenvalue weighted by Crippen LogP contribution is -2.29. The predicted molar refractivity (Wildman–Crippen MR) is 110 cm³/mol. The summed E-state index contributed by atoms with van der Waals surface area (Å²) in [6, 6.07) is 21.4. The average Bonchev–Trinajstić information content (AvgIpc) is 3.56. The molecule has 3 heteroatoms. The fraction of sp³-hybridized carbons (Fsp3) is 0.458. The molecule has 142 valence electrons. The molecule has 1 aliphatic rings. The molecule has 2 aromatic carbocycles. The average molecular weight is 363 g/mol. The first-order chi connectivity index (χ1) is 13.2. The Labute approximate surface area is 163 Å². The van der Waals surface area contributed by atoms with Gasteiger partial charge >= 0.3 is 0 Å². The van der Waals surface area contributed by atoms with E-state index in [2.05, 4.69) is 54.4 Å². The third-order valence-electron chi connectivity index (χ3n) is 5.81. The Morgan fingerprint density at radius 1 is 1.07 bits per heavy atom. The van der Waals surface area contributed by atoms with Gasteiger partial charge in [-0.1, -0.05) is 42.5 Å². The Morgan fingerprint density at radius 2 is 1.78 bits per heavy atom. The predicted octanol–water partition coefficient (Wildman–Crippen LogP) is 4.82. The fourth-order valence-electron chi connectivity index (χ4n) is 3.96. The van der Waals surface area contributed by atoms with Crippen LogP contribution in [0.5, 0.6) is 5.75 Å². The van der Waals surface area contributed by atoms with Crippen LogP contribution in [0.3, 0.4) is 0 Å². The van der Waals surface area contributed by atoms with Gasteiger partial charge in [-0.25, -0.2) is 0 Å². The van der Waals surface area contributed by atoms with Crippen LogP contribution in [0.15, 0.2) is 54.6 Å². The van der Waals surface area contributed by atoms with Crippen LogP contribution in [0.2, 0.25) is 0 Å². The van der Waals surface area contributed by atoms with E-state index in [-0.39, 0.29) is 5.41 Å². The van der Waals surface area contributed by atoms with Crippen molar-refractivity contribution in [2.45, 2.75) is 37.5 Å². The molecule has 0 saturated heterocycles. The first kappa shape index (κ1) is 19.5. The summed E-state index contributed by atoms with van der Waals surface area (Å²) in [6.45, 7) is 2.06. The number of hydrogen-bond acceptors (Lipinski definition) is 3. The monoisotopic (exact) mass is 362 g/mol. The first-order valence-corrected chi connectivity index (χ1v) is 9.96. The molecular weight excluding hydrogens is 332 g/mol. The molecule has 1 aliphatic carbocycles. The van der Waals surface area contributed by atoms with E-state index < -0.39 is 0 Å². The Balaban J connectivity index is 1.50. The van der Waals surface area contributed by atoms with Crippen LogP contribution < -0.4 is 4.74 Å². The van der Waals surface area contributed by atoms with Gasteiger partial charge in [0.1, 0.15) is 5.75 Å². The summed E-state index contributed by atoms with van der Waals surface area (Å²) >= 11 is 0. The van der Waals surface area contributed by atoms with Gasteiger partial charge in [0.2, 0.25) is 0 Å². The van der Waals surface area contributed by atoms with Crippen LogP contribution in [-0.4, -0.2) is 32.1 Å². The van der Waals surface area contributed by atoms with E-state index in [9.17, 15) is 5.26 Å². The molecular formula is C24H30N2O. The van der Waals surface area contributed by atoms with E-state index in [0.717, 1.165) is 38.1 Å². The molecule has 2 aromatic rings. The fourth-order valence-corrected chi connectivity index (χ4v) is 3.96. The van der Waals surface area contributed by atoms with E-state index in [1.165, 1.54) is 24.0 Å². The zero-order valence-corrected chi connectivity index (χ0v) is 16.5. The van der Waals surface area contributed by atoms with Crippen molar-refractivity contribution in [2.24, 2.45) is 5.92 Å². The lowest BCUT2D eigenvalue weighted by Gasteiger charge is -2.28. The maximum Gasteiger partial charge on any atom is 0.118 e. The summed E-state index contributed by atoms with van der Waals surface area (Å²) in [5, 5.41) is 10.0. The van der Waals surface area contributed by atoms with E-state index in [4.69, 9.17) is 4.74 Å². The van der Waals surface area contributed by atoms with Crippen molar-refractivity contribution in [3.63, 3.8) is 0 Å². The summed E-state index contributed by atoms with van der Waals surface area (Å²) in [4.78, 5) is 2.38. The standard InChI is InChI=1S/C24H30N2O/c1-26(18-15-20-9-13-23(27-2)14-10-20)17-6-16-24(19-25,22-11-12-22)21-7-4-3-5-8-21/h3-5,7-10,13-14,22H,6,11-12,15-18H2,1-2H3. The maximum atomic E-state index is 10.0. The first-order valence-electron chi connectivity index (χ1n) is 9.96. The number of hydrogen-bond donors (Lipinski definition) is 0. The molecule has 0 aromatic heterocycles. The maximum absolute atomic E-state index is 10.0. The SMILES string of the molecule is COc1ccc(CCN(C)CCCC(C#N)(c2ccccc2)C2CC2)cc1. The molecule has 0 bridgehead atoms. The van der Waals surface area contributed by atoms with E-state index in [1.807, 2.05) is 18.2 Å². The van der Waals surface area contributed by atoms with Crippen LogP contribution in [0.25, 0.3) is 0 Å². The topological polar surface area (TPSA) is 36.3 Å². The Bertz CT molecular complexity index is 746. The number of benzene rings is 2. The molecule has 1 unspecified atom stereocenters. The summed E-state index contributed by atoms with van der Waals surface area (Å²) in [6.07, 6.45) is 5.42. The summed E-state index contributed by atoms with van der Waals surface area (Å²) in [7, 11) is 3.87. The van der Waals surface area contributed by atoms with Crippen molar-refractivity contribution >= 4 is 0 Å². The van der Waals surface area contributed by atoms with E-state index in [1.54, 1.807) is 7.11 Å². The highest BCUT2D eigenvalue weighted by Gasteiger charge is 2.46. The molecule has 0 radical (unpaired) electrons. The van der Waals surface area contributed by atoms with Crippen molar-refractivity contribution in [1.29, 1.82) is 5.26 Å². The minimum Gasteiger partial charge on any atom is -0.497 e. The molecule has 27 heavy (non-hydrogen) atoms. The third kappa shape index (κ3) is 4.90. The van der Waals surface area contributed by atoms with Gasteiger partial charge in [0, 0.05) is 6.54 Å². The Hall–Kier alpha value is -2.31. The van der Waals surface area contributed by atoms with Crippen LogP contribution in [0, 0.1) is 17.2 Å². The molecule has 1 atom stereocenters. The van der Waals surface area contributed by atoms with Crippen molar-refractivity contribution in [2.75, 3.05) is 27.2 Å². The second-order valence-corrected chi connectivity index (χ2v) is 7.73. The molecule has 0 heterocycles. The van der Waals surface area contributed by atoms with Crippen molar-refractivity contribution < 1.29 is 4.74 Å². The van der Waals surface area contributed by atoms with Gasteiger partial charge in [-0.05, 0) is 74.9 Å². The van der Waals surface area contributed by atoms with Gasteiger partial charge in [0.25, 0.3) is 0 Å². The Kier molecular flexibility index (Phi) is 6.53. The quantitative estimate of drug-likeness (QED) is 0.608. The van der Waals surface area contributed by atoms with Gasteiger partial charge in [-0.2, -0.15) is 5.26 Å². The number of rotatable bonds is 10. The molecule has 0 amide bonds. The van der Waals surface area contributed by atoms with Crippen LogP contribution in [0.4, 0.5) is 0 Å². The van der Waals surface area contributed by atoms with Crippen molar-refractivity contribution in [3.05, 3.63) is 65.7 Å². The highest BCUT2D eigenvalue weighted by atomic mass is 16.5. The zero-order chi connectivity index (χ0) is 19.1.